The van der Waals surface area contributed by atoms with Crippen molar-refractivity contribution in [3.8, 4) is 0 Å². The highest BCUT2D eigenvalue weighted by molar-refractivity contribution is 9.10. The minimum Gasteiger partial charge on any atom is -0.396 e. The number of halogens is 2. The molecule has 0 aromatic heterocycles. The molecule has 1 atom stereocenters. The number of hydrogen-bond acceptors (Lipinski definition) is 2. The lowest BCUT2D eigenvalue weighted by molar-refractivity contribution is 0.233. The summed E-state index contributed by atoms with van der Waals surface area (Å²) in [6.07, 6.45) is 0. The SMILES string of the molecule is CC(CO)CNCc1ccc(Br)c(Cl)c1. The Kier molecular flexibility index (Phi) is 5.61. The number of aliphatic hydroxyl groups excluding tert-OH is 1. The van der Waals surface area contributed by atoms with E-state index in [9.17, 15) is 0 Å². The highest BCUT2D eigenvalue weighted by Gasteiger charge is 2.01. The molecule has 0 heterocycles. The number of nitrogens with one attached hydrogen (secondary N) is 1. The third-order valence-electron chi connectivity index (χ3n) is 2.12. The first-order chi connectivity index (χ1) is 7.13. The average Bonchev–Trinajstić information content (AvgIpc) is 2.23. The molecule has 0 saturated carbocycles. The fourth-order valence-corrected chi connectivity index (χ4v) is 1.63. The predicted molar refractivity (Wildman–Crippen MR) is 67.1 cm³/mol. The van der Waals surface area contributed by atoms with E-state index in [1.807, 2.05) is 25.1 Å². The standard InChI is InChI=1S/C11H15BrClNO/c1-8(7-15)5-14-6-9-2-3-10(12)11(13)4-9/h2-4,8,14-15H,5-7H2,1H3. The summed E-state index contributed by atoms with van der Waals surface area (Å²) in [6, 6.07) is 5.89. The van der Waals surface area contributed by atoms with Gasteiger partial charge in [0.1, 0.15) is 0 Å². The second kappa shape index (κ2) is 6.48. The van der Waals surface area contributed by atoms with Crippen LogP contribution in [0.4, 0.5) is 0 Å². The number of aliphatic hydroxyl groups is 1. The summed E-state index contributed by atoms with van der Waals surface area (Å²) in [5.41, 5.74) is 1.15. The maximum absolute atomic E-state index is 8.85. The lowest BCUT2D eigenvalue weighted by Crippen LogP contribution is -2.22. The van der Waals surface area contributed by atoms with Crippen molar-refractivity contribution < 1.29 is 5.11 Å². The van der Waals surface area contributed by atoms with E-state index in [1.165, 1.54) is 0 Å². The molecule has 2 N–H and O–H groups in total. The van der Waals surface area contributed by atoms with Crippen molar-refractivity contribution in [3.05, 3.63) is 33.3 Å². The molecule has 1 aromatic rings. The van der Waals surface area contributed by atoms with Gasteiger partial charge in [-0.15, -0.1) is 0 Å². The van der Waals surface area contributed by atoms with Gasteiger partial charge in [-0.25, -0.2) is 0 Å². The molecule has 1 rings (SSSR count). The van der Waals surface area contributed by atoms with Gasteiger partial charge in [-0.2, -0.15) is 0 Å². The molecule has 0 aliphatic carbocycles. The maximum atomic E-state index is 8.85. The number of rotatable bonds is 5. The molecule has 0 amide bonds. The highest BCUT2D eigenvalue weighted by Crippen LogP contribution is 2.22. The zero-order chi connectivity index (χ0) is 11.3. The smallest absolute Gasteiger partial charge is 0.0551 e. The summed E-state index contributed by atoms with van der Waals surface area (Å²) in [5.74, 6) is 0.288. The van der Waals surface area contributed by atoms with E-state index >= 15 is 0 Å². The van der Waals surface area contributed by atoms with Crippen LogP contribution in [0.25, 0.3) is 0 Å². The van der Waals surface area contributed by atoms with Crippen LogP contribution in [0, 0.1) is 5.92 Å². The second-order valence-corrected chi connectivity index (χ2v) is 4.93. The van der Waals surface area contributed by atoms with Crippen molar-refractivity contribution in [2.75, 3.05) is 13.2 Å². The summed E-state index contributed by atoms with van der Waals surface area (Å²) in [6.45, 7) is 3.80. The molecular formula is C11H15BrClNO. The van der Waals surface area contributed by atoms with Gasteiger partial charge in [0.2, 0.25) is 0 Å². The summed E-state index contributed by atoms with van der Waals surface area (Å²) >= 11 is 9.31. The van der Waals surface area contributed by atoms with E-state index < -0.39 is 0 Å². The van der Waals surface area contributed by atoms with Crippen molar-refractivity contribution in [3.63, 3.8) is 0 Å². The summed E-state index contributed by atoms with van der Waals surface area (Å²) < 4.78 is 0.914. The molecule has 0 saturated heterocycles. The van der Waals surface area contributed by atoms with Gasteiger partial charge < -0.3 is 10.4 Å². The zero-order valence-corrected chi connectivity index (χ0v) is 11.0. The Bertz CT molecular complexity index is 319. The molecule has 1 aromatic carbocycles. The van der Waals surface area contributed by atoms with Gasteiger partial charge in [0.05, 0.1) is 5.02 Å². The van der Waals surface area contributed by atoms with Crippen molar-refractivity contribution in [1.82, 2.24) is 5.32 Å². The first-order valence-electron chi connectivity index (χ1n) is 4.89. The summed E-state index contributed by atoms with van der Waals surface area (Å²) in [7, 11) is 0. The Morgan fingerprint density at radius 2 is 2.27 bits per heavy atom. The molecule has 4 heteroatoms. The third-order valence-corrected chi connectivity index (χ3v) is 3.35. The van der Waals surface area contributed by atoms with Crippen LogP contribution in [-0.4, -0.2) is 18.3 Å². The predicted octanol–water partition coefficient (Wildman–Crippen LogP) is 2.82. The topological polar surface area (TPSA) is 32.3 Å². The Hall–Kier alpha value is -0.0900. The first kappa shape index (κ1) is 13.0. The Morgan fingerprint density at radius 3 is 2.87 bits per heavy atom. The largest absolute Gasteiger partial charge is 0.396 e. The van der Waals surface area contributed by atoms with Gasteiger partial charge in [0.15, 0.2) is 0 Å². The fourth-order valence-electron chi connectivity index (χ4n) is 1.18. The Morgan fingerprint density at radius 1 is 1.53 bits per heavy atom. The van der Waals surface area contributed by atoms with Crippen LogP contribution in [0.5, 0.6) is 0 Å². The van der Waals surface area contributed by atoms with E-state index in [0.29, 0.717) is 0 Å². The quantitative estimate of drug-likeness (QED) is 0.875. The molecule has 15 heavy (non-hydrogen) atoms. The molecule has 0 spiro atoms. The van der Waals surface area contributed by atoms with Crippen LogP contribution in [0.3, 0.4) is 0 Å². The van der Waals surface area contributed by atoms with E-state index in [4.69, 9.17) is 16.7 Å². The summed E-state index contributed by atoms with van der Waals surface area (Å²) in [4.78, 5) is 0. The van der Waals surface area contributed by atoms with Crippen LogP contribution in [0.2, 0.25) is 5.02 Å². The Labute approximate surface area is 104 Å². The van der Waals surface area contributed by atoms with E-state index in [1.54, 1.807) is 0 Å². The van der Waals surface area contributed by atoms with Crippen molar-refractivity contribution >= 4 is 27.5 Å². The molecule has 0 aliphatic heterocycles. The molecule has 2 nitrogen and oxygen atoms in total. The monoisotopic (exact) mass is 291 g/mol. The lowest BCUT2D eigenvalue weighted by Gasteiger charge is -2.09. The van der Waals surface area contributed by atoms with Gasteiger partial charge in [-0.05, 0) is 39.5 Å². The maximum Gasteiger partial charge on any atom is 0.0551 e. The highest BCUT2D eigenvalue weighted by atomic mass is 79.9. The fraction of sp³-hybridized carbons (Fsp3) is 0.455. The van der Waals surface area contributed by atoms with Gasteiger partial charge in [0.25, 0.3) is 0 Å². The van der Waals surface area contributed by atoms with Crippen molar-refractivity contribution in [1.29, 1.82) is 0 Å². The Balaban J connectivity index is 2.41. The number of benzene rings is 1. The summed E-state index contributed by atoms with van der Waals surface area (Å²) in [5, 5.41) is 12.8. The molecule has 1 unspecified atom stereocenters. The normalized spacial score (nSPS) is 12.8. The van der Waals surface area contributed by atoms with E-state index in [-0.39, 0.29) is 12.5 Å². The molecule has 0 fully saturated rings. The van der Waals surface area contributed by atoms with Crippen LogP contribution >= 0.6 is 27.5 Å². The first-order valence-corrected chi connectivity index (χ1v) is 6.06. The van der Waals surface area contributed by atoms with Gasteiger partial charge >= 0.3 is 0 Å². The van der Waals surface area contributed by atoms with Crippen LogP contribution in [0.1, 0.15) is 12.5 Å². The van der Waals surface area contributed by atoms with Crippen LogP contribution in [0.15, 0.2) is 22.7 Å². The minimum absolute atomic E-state index is 0.216. The average molecular weight is 293 g/mol. The van der Waals surface area contributed by atoms with Gasteiger partial charge in [-0.3, -0.25) is 0 Å². The van der Waals surface area contributed by atoms with E-state index in [2.05, 4.69) is 21.2 Å². The second-order valence-electron chi connectivity index (χ2n) is 3.67. The lowest BCUT2D eigenvalue weighted by atomic mass is 10.2. The molecule has 0 aliphatic rings. The van der Waals surface area contributed by atoms with Crippen LogP contribution in [-0.2, 0) is 6.54 Å². The molecule has 0 bridgehead atoms. The zero-order valence-electron chi connectivity index (χ0n) is 8.63. The third kappa shape index (κ3) is 4.51. The van der Waals surface area contributed by atoms with Gasteiger partial charge in [0, 0.05) is 24.2 Å². The molecule has 84 valence electrons. The van der Waals surface area contributed by atoms with Crippen molar-refractivity contribution in [2.45, 2.75) is 13.5 Å². The minimum atomic E-state index is 0.216. The number of hydrogen-bond donors (Lipinski definition) is 2. The van der Waals surface area contributed by atoms with Gasteiger partial charge in [-0.1, -0.05) is 24.6 Å². The molecule has 0 radical (unpaired) electrons. The van der Waals surface area contributed by atoms with E-state index in [0.717, 1.165) is 28.1 Å². The molecular weight excluding hydrogens is 277 g/mol. The van der Waals surface area contributed by atoms with Crippen LogP contribution < -0.4 is 5.32 Å². The van der Waals surface area contributed by atoms with Crippen molar-refractivity contribution in [2.24, 2.45) is 5.92 Å².